The van der Waals surface area contributed by atoms with Crippen LogP contribution in [0.4, 0.5) is 0 Å². The van der Waals surface area contributed by atoms with Gasteiger partial charge in [0.2, 0.25) is 0 Å². The van der Waals surface area contributed by atoms with Gasteiger partial charge in [0.1, 0.15) is 0 Å². The molecule has 0 unspecified atom stereocenters. The molecule has 0 aromatic carbocycles. The van der Waals surface area contributed by atoms with Crippen LogP contribution in [0.25, 0.3) is 0 Å². The van der Waals surface area contributed by atoms with Gasteiger partial charge in [0.05, 0.1) is 0 Å². The van der Waals surface area contributed by atoms with Crippen LogP contribution < -0.4 is 0 Å². The minimum absolute atomic E-state index is 0.550. The van der Waals surface area contributed by atoms with Gasteiger partial charge in [-0.1, -0.05) is 0 Å². The summed E-state index contributed by atoms with van der Waals surface area (Å²) < 4.78 is 24.7. The average Bonchev–Trinajstić information content (AvgIpc) is 2.02. The number of rotatable bonds is 0. The molecule has 4 nitrogen and oxygen atoms in total. The fraction of sp³-hybridized carbons (Fsp3) is 1.00. The van der Waals surface area contributed by atoms with Gasteiger partial charge in [0.15, 0.2) is 0 Å². The van der Waals surface area contributed by atoms with Crippen molar-refractivity contribution in [2.24, 2.45) is 0 Å². The van der Waals surface area contributed by atoms with E-state index in [1.807, 2.05) is 0 Å². The molecule has 0 amide bonds. The molecule has 0 spiro atoms. The van der Waals surface area contributed by atoms with Gasteiger partial charge in [-0.25, -0.2) is 0 Å². The number of hydrogen-bond acceptors (Lipinski definition) is 4. The molecule has 0 saturated carbocycles. The molecule has 8 heteroatoms. The minimum atomic E-state index is -1.34. The van der Waals surface area contributed by atoms with Crippen LogP contribution in [0.15, 0.2) is 0 Å². The summed E-state index contributed by atoms with van der Waals surface area (Å²) in [6.45, 7) is 4.38. The van der Waals surface area contributed by atoms with Gasteiger partial charge in [0.25, 0.3) is 0 Å². The van der Waals surface area contributed by atoms with Crippen molar-refractivity contribution in [2.75, 3.05) is 0 Å². The van der Waals surface area contributed by atoms with Gasteiger partial charge >= 0.3 is 93.0 Å². The average molecular weight is 420 g/mol. The van der Waals surface area contributed by atoms with E-state index in [1.54, 1.807) is 0 Å². The van der Waals surface area contributed by atoms with Gasteiger partial charge in [-0.2, -0.15) is 0 Å². The Morgan fingerprint density at radius 1 is 0.667 bits per heavy atom. The Labute approximate surface area is 92.1 Å². The number of hydrogen-bond donors (Lipinski definition) is 0. The van der Waals surface area contributed by atoms with Crippen LogP contribution in [-0.2, 0) is 10.9 Å². The summed E-state index contributed by atoms with van der Waals surface area (Å²) in [7, 11) is 0. The maximum atomic E-state index is 5.89. The fourth-order valence-corrected chi connectivity index (χ4v) is 54.9. The Kier molecular flexibility index (Phi) is 2.55. The first kappa shape index (κ1) is 9.31. The molecule has 0 atom stereocenters. The molecular weight excluding hydrogens is 412 g/mol. The Balaban J connectivity index is 1.91. The van der Waals surface area contributed by atoms with E-state index in [0.29, 0.717) is 6.99 Å². The van der Waals surface area contributed by atoms with Crippen molar-refractivity contribution in [3.05, 3.63) is 0 Å². The zero-order chi connectivity index (χ0) is 8.29. The first-order chi connectivity index (χ1) is 5.75. The Bertz CT molecular complexity index is 165. The molecule has 4 heterocycles. The monoisotopic (exact) mass is 420 g/mol. The zero-order valence-electron chi connectivity index (χ0n) is 6.58. The topological polar surface area (TPSA) is 36.9 Å². The van der Waals surface area contributed by atoms with Gasteiger partial charge < -0.3 is 0 Å². The van der Waals surface area contributed by atoms with Gasteiger partial charge in [0, 0.05) is 0 Å². The fourth-order valence-electron chi connectivity index (χ4n) is 1.08. The molecule has 0 N–H and O–H groups in total. The van der Waals surface area contributed by atoms with Gasteiger partial charge in [-0.05, 0) is 0 Å². The van der Waals surface area contributed by atoms with Crippen molar-refractivity contribution in [3.8, 4) is 0 Å². The van der Waals surface area contributed by atoms with Crippen LogP contribution >= 0.6 is 0 Å². The zero-order valence-corrected chi connectivity index (χ0v) is 14.1. The molecule has 4 rings (SSSR count). The second kappa shape index (κ2) is 3.29. The molecule has 4 saturated heterocycles. The first-order valence-corrected chi connectivity index (χ1v) is 14.1. The van der Waals surface area contributed by atoms with Crippen LogP contribution in [0.2, 0.25) is 6.99 Å². The van der Waals surface area contributed by atoms with E-state index in [0.717, 1.165) is 0 Å². The van der Waals surface area contributed by atoms with Gasteiger partial charge in [-0.15, -0.1) is 0 Å². The second-order valence-corrected chi connectivity index (χ2v) is 26.4. The molecule has 4 aliphatic heterocycles. The molecule has 68 valence electrons. The Morgan fingerprint density at radius 3 is 1.17 bits per heavy atom. The molecule has 0 radical (unpaired) electrons. The van der Waals surface area contributed by atoms with Crippen molar-refractivity contribution >= 4 is 61.3 Å². The predicted octanol–water partition coefficient (Wildman–Crippen LogP) is -0.0950. The summed E-state index contributed by atoms with van der Waals surface area (Å²) >= 11 is -5.36. The van der Waals surface area contributed by atoms with E-state index < -0.39 is 61.3 Å². The van der Waals surface area contributed by atoms with Crippen molar-refractivity contribution in [2.45, 2.75) is 20.8 Å². The van der Waals surface area contributed by atoms with E-state index in [4.69, 9.17) is 10.9 Å². The predicted molar refractivity (Wildman–Crippen MR) is 46.2 cm³/mol. The second-order valence-electron chi connectivity index (χ2n) is 2.73. The third-order valence-electron chi connectivity index (χ3n) is 1.86. The summed E-state index contributed by atoms with van der Waals surface area (Å²) in [4.78, 5) is 0. The SMILES string of the molecule is CC1[As]2O[As]3O[As]1O[As](O2)C3C. The van der Waals surface area contributed by atoms with Crippen molar-refractivity contribution < 1.29 is 10.9 Å². The molecule has 12 heavy (non-hydrogen) atoms. The van der Waals surface area contributed by atoms with Crippen LogP contribution in [0.5, 0.6) is 0 Å². The molecule has 0 aromatic heterocycles. The van der Waals surface area contributed by atoms with E-state index in [1.165, 1.54) is 0 Å². The summed E-state index contributed by atoms with van der Waals surface area (Å²) in [5.74, 6) is 0. The van der Waals surface area contributed by atoms with Crippen molar-refractivity contribution in [1.82, 2.24) is 0 Å². The Hall–Kier alpha value is 2.07. The molecule has 4 bridgehead atoms. The quantitative estimate of drug-likeness (QED) is 0.514. The normalized spacial score (nSPS) is 62.5. The van der Waals surface area contributed by atoms with Crippen LogP contribution in [0.3, 0.4) is 0 Å². The van der Waals surface area contributed by atoms with Crippen molar-refractivity contribution in [3.63, 3.8) is 0 Å². The molecular formula is C4H8As4O4. The molecule has 4 aliphatic rings. The third-order valence-corrected chi connectivity index (χ3v) is 31.9. The molecule has 0 aliphatic carbocycles. The third kappa shape index (κ3) is 1.28. The van der Waals surface area contributed by atoms with Gasteiger partial charge in [-0.3, -0.25) is 0 Å². The van der Waals surface area contributed by atoms with Crippen LogP contribution in [0, 0.1) is 0 Å². The standard InChI is InChI=1S/C4H8As4O4/c1-3-5-9-7-4(2)8(10-5)12-6(3)11-7/h3-4H,1-2H3. The Morgan fingerprint density at radius 2 is 0.917 bits per heavy atom. The van der Waals surface area contributed by atoms with E-state index >= 15 is 0 Å². The van der Waals surface area contributed by atoms with E-state index in [-0.39, 0.29) is 0 Å². The summed E-state index contributed by atoms with van der Waals surface area (Å²) in [6, 6.07) is 0. The van der Waals surface area contributed by atoms with Crippen molar-refractivity contribution in [1.29, 1.82) is 0 Å². The van der Waals surface area contributed by atoms with Crippen LogP contribution in [-0.4, -0.2) is 61.3 Å². The summed E-state index contributed by atoms with van der Waals surface area (Å²) in [5.41, 5.74) is 0. The maximum absolute atomic E-state index is 5.89. The summed E-state index contributed by atoms with van der Waals surface area (Å²) in [6.07, 6.45) is 0. The molecule has 4 fully saturated rings. The van der Waals surface area contributed by atoms with Crippen LogP contribution in [0.1, 0.15) is 13.8 Å². The summed E-state index contributed by atoms with van der Waals surface area (Å²) in [5, 5.41) is 0. The molecule has 0 aromatic rings. The van der Waals surface area contributed by atoms with E-state index in [9.17, 15) is 0 Å². The first-order valence-electron chi connectivity index (χ1n) is 3.65. The van der Waals surface area contributed by atoms with E-state index in [2.05, 4.69) is 13.8 Å².